The van der Waals surface area contributed by atoms with Crippen LogP contribution in [0, 0.1) is 17.8 Å². The van der Waals surface area contributed by atoms with Gasteiger partial charge in [-0.05, 0) is 43.0 Å². The molecule has 2 heterocycles. The van der Waals surface area contributed by atoms with Crippen LogP contribution in [0.2, 0.25) is 0 Å². The van der Waals surface area contributed by atoms with Gasteiger partial charge >= 0.3 is 0 Å². The third-order valence-electron chi connectivity index (χ3n) is 7.77. The Kier molecular flexibility index (Phi) is 4.36. The Bertz CT molecular complexity index is 1310. The normalized spacial score (nSPS) is 31.9. The monoisotopic (exact) mass is 433 g/mol. The molecule has 1 aliphatic heterocycles. The number of nitrogens with zero attached hydrogens (tertiary/aromatic N) is 1. The standard InChI is InChI=1S/C30H27NS/c1-2-9-20(10-3-1)21-11-8-12-22(19-21)31-26-15-6-4-14-25(26)29-27(31)18-17-24-23-13-5-7-16-28(23)32-30(24)29/h1-7,9,12-20,23-24,28,30H,8,10-11H2. The Labute approximate surface area is 194 Å². The number of thioether (sulfide) groups is 1. The van der Waals surface area contributed by atoms with E-state index in [1.807, 2.05) is 0 Å². The number of allylic oxidation sites excluding steroid dienone is 12. The van der Waals surface area contributed by atoms with Gasteiger partial charge in [-0.25, -0.2) is 0 Å². The summed E-state index contributed by atoms with van der Waals surface area (Å²) in [5.41, 5.74) is 7.23. The molecule has 7 rings (SSSR count). The quantitative estimate of drug-likeness (QED) is 0.466. The van der Waals surface area contributed by atoms with Crippen molar-refractivity contribution in [3.63, 3.8) is 0 Å². The van der Waals surface area contributed by atoms with Crippen LogP contribution in [0.3, 0.4) is 0 Å². The van der Waals surface area contributed by atoms with Crippen molar-refractivity contribution in [3.05, 3.63) is 108 Å². The number of benzene rings is 1. The lowest BCUT2D eigenvalue weighted by molar-refractivity contribution is 0.506. The summed E-state index contributed by atoms with van der Waals surface area (Å²) >= 11 is 2.17. The number of hydrogen-bond acceptors (Lipinski definition) is 1. The van der Waals surface area contributed by atoms with Gasteiger partial charge in [0.2, 0.25) is 0 Å². The Morgan fingerprint density at radius 2 is 1.81 bits per heavy atom. The number of aromatic nitrogens is 1. The largest absolute Gasteiger partial charge is 0.310 e. The maximum Gasteiger partial charge on any atom is 0.0537 e. The van der Waals surface area contributed by atoms with Crippen LogP contribution in [0.25, 0.3) is 22.7 Å². The van der Waals surface area contributed by atoms with E-state index in [4.69, 9.17) is 0 Å². The minimum Gasteiger partial charge on any atom is -0.310 e. The van der Waals surface area contributed by atoms with Crippen molar-refractivity contribution < 1.29 is 0 Å². The van der Waals surface area contributed by atoms with Crippen molar-refractivity contribution >= 4 is 34.4 Å². The highest BCUT2D eigenvalue weighted by atomic mass is 32.2. The molecule has 1 aromatic carbocycles. The minimum atomic E-state index is 0.530. The summed E-state index contributed by atoms with van der Waals surface area (Å²) in [7, 11) is 0. The van der Waals surface area contributed by atoms with Gasteiger partial charge in [-0.15, -0.1) is 11.8 Å². The van der Waals surface area contributed by atoms with Crippen LogP contribution < -0.4 is 0 Å². The summed E-state index contributed by atoms with van der Waals surface area (Å²) in [5.74, 6) is 1.75. The van der Waals surface area contributed by atoms with Gasteiger partial charge in [0.25, 0.3) is 0 Å². The highest BCUT2D eigenvalue weighted by molar-refractivity contribution is 8.00. The van der Waals surface area contributed by atoms with E-state index in [1.54, 1.807) is 11.1 Å². The molecule has 0 spiro atoms. The molecule has 32 heavy (non-hydrogen) atoms. The first kappa shape index (κ1) is 18.8. The molecule has 5 atom stereocenters. The molecule has 1 nitrogen and oxygen atoms in total. The van der Waals surface area contributed by atoms with Crippen LogP contribution in [0.4, 0.5) is 0 Å². The molecular formula is C30H27NS. The van der Waals surface area contributed by atoms with E-state index in [0.29, 0.717) is 28.3 Å². The van der Waals surface area contributed by atoms with Gasteiger partial charge in [0.1, 0.15) is 0 Å². The molecule has 5 aliphatic rings. The van der Waals surface area contributed by atoms with E-state index in [-0.39, 0.29) is 0 Å². The van der Waals surface area contributed by atoms with Crippen molar-refractivity contribution in [1.29, 1.82) is 0 Å². The molecule has 0 radical (unpaired) electrons. The molecule has 0 saturated carbocycles. The van der Waals surface area contributed by atoms with Crippen molar-refractivity contribution in [2.45, 2.75) is 29.8 Å². The van der Waals surface area contributed by atoms with Crippen LogP contribution in [0.5, 0.6) is 0 Å². The average molecular weight is 434 g/mol. The van der Waals surface area contributed by atoms with Crippen LogP contribution >= 0.6 is 11.8 Å². The molecule has 5 unspecified atom stereocenters. The SMILES string of the molecule is C1=CCC(C2=CC(n3c4c(c5ccccc53)C3SC5C=CC=CC5C3C=C4)=CCC2)C=C1. The van der Waals surface area contributed by atoms with Gasteiger partial charge < -0.3 is 4.57 Å². The van der Waals surface area contributed by atoms with Crippen molar-refractivity contribution in [1.82, 2.24) is 4.57 Å². The molecule has 4 aliphatic carbocycles. The first-order valence-corrected chi connectivity index (χ1v) is 12.9. The van der Waals surface area contributed by atoms with E-state index in [2.05, 4.69) is 114 Å². The third kappa shape index (κ3) is 2.79. The second-order valence-electron chi connectivity index (χ2n) is 9.50. The smallest absolute Gasteiger partial charge is 0.0537 e. The number of para-hydroxylation sites is 1. The lowest BCUT2D eigenvalue weighted by atomic mass is 9.79. The summed E-state index contributed by atoms with van der Waals surface area (Å²) in [5, 5.41) is 2.56. The molecule has 0 bridgehead atoms. The predicted octanol–water partition coefficient (Wildman–Crippen LogP) is 7.88. The topological polar surface area (TPSA) is 4.93 Å². The number of hydrogen-bond donors (Lipinski definition) is 0. The fourth-order valence-corrected chi connectivity index (χ4v) is 8.09. The fraction of sp³-hybridized carbons (Fsp3) is 0.267. The van der Waals surface area contributed by atoms with Crippen molar-refractivity contribution in [2.75, 3.05) is 0 Å². The van der Waals surface area contributed by atoms with E-state index >= 15 is 0 Å². The summed E-state index contributed by atoms with van der Waals surface area (Å²) in [6, 6.07) is 9.07. The highest BCUT2D eigenvalue weighted by Crippen LogP contribution is 2.59. The van der Waals surface area contributed by atoms with Crippen LogP contribution in [-0.2, 0) is 0 Å². The van der Waals surface area contributed by atoms with E-state index < -0.39 is 0 Å². The molecule has 2 heteroatoms. The number of fused-ring (bicyclic) bond motifs is 7. The summed E-state index contributed by atoms with van der Waals surface area (Å²) < 4.78 is 2.55. The number of rotatable bonds is 2. The first-order valence-electron chi connectivity index (χ1n) is 11.9. The molecule has 2 aromatic rings. The molecular weight excluding hydrogens is 406 g/mol. The molecule has 158 valence electrons. The van der Waals surface area contributed by atoms with E-state index in [9.17, 15) is 0 Å². The van der Waals surface area contributed by atoms with Gasteiger partial charge in [-0.3, -0.25) is 0 Å². The van der Waals surface area contributed by atoms with Crippen LogP contribution in [0.1, 0.15) is 35.8 Å². The van der Waals surface area contributed by atoms with Gasteiger partial charge in [-0.1, -0.05) is 84.5 Å². The van der Waals surface area contributed by atoms with Crippen LogP contribution in [0.15, 0.2) is 96.7 Å². The lowest BCUT2D eigenvalue weighted by Crippen LogP contribution is -2.18. The Hall–Kier alpha value is -2.71. The van der Waals surface area contributed by atoms with Gasteiger partial charge in [-0.2, -0.15) is 0 Å². The van der Waals surface area contributed by atoms with Crippen molar-refractivity contribution in [3.8, 4) is 0 Å². The van der Waals surface area contributed by atoms with Crippen LogP contribution in [-0.4, -0.2) is 9.82 Å². The minimum absolute atomic E-state index is 0.530. The third-order valence-corrected chi connectivity index (χ3v) is 9.40. The summed E-state index contributed by atoms with van der Waals surface area (Å²) in [6.07, 6.45) is 31.7. The van der Waals surface area contributed by atoms with Gasteiger partial charge in [0.15, 0.2) is 0 Å². The maximum absolute atomic E-state index is 2.55. The fourth-order valence-electron chi connectivity index (χ4n) is 6.28. The Morgan fingerprint density at radius 3 is 2.75 bits per heavy atom. The second-order valence-corrected chi connectivity index (χ2v) is 10.8. The van der Waals surface area contributed by atoms with Crippen molar-refractivity contribution in [2.24, 2.45) is 17.8 Å². The average Bonchev–Trinajstić information content (AvgIpc) is 3.40. The van der Waals surface area contributed by atoms with Gasteiger partial charge in [0.05, 0.1) is 11.2 Å². The molecule has 1 saturated heterocycles. The molecule has 0 N–H and O–H groups in total. The van der Waals surface area contributed by atoms with E-state index in [0.717, 1.165) is 12.8 Å². The Morgan fingerprint density at radius 1 is 0.906 bits per heavy atom. The highest BCUT2D eigenvalue weighted by Gasteiger charge is 2.45. The summed E-state index contributed by atoms with van der Waals surface area (Å²) in [4.78, 5) is 0. The Balaban J connectivity index is 1.37. The zero-order valence-electron chi connectivity index (χ0n) is 18.1. The second kappa shape index (κ2) is 7.42. The summed E-state index contributed by atoms with van der Waals surface area (Å²) in [6.45, 7) is 0. The maximum atomic E-state index is 2.55. The zero-order chi connectivity index (χ0) is 21.1. The first-order chi connectivity index (χ1) is 15.9. The predicted molar refractivity (Wildman–Crippen MR) is 138 cm³/mol. The van der Waals surface area contributed by atoms with Gasteiger partial charge in [0, 0.05) is 39.3 Å². The zero-order valence-corrected chi connectivity index (χ0v) is 18.9. The molecule has 1 fully saturated rings. The van der Waals surface area contributed by atoms with E-state index in [1.165, 1.54) is 28.7 Å². The molecule has 1 aromatic heterocycles. The lowest BCUT2D eigenvalue weighted by Gasteiger charge is -2.26. The molecule has 0 amide bonds.